The molecule has 0 aliphatic carbocycles. The first-order valence-electron chi connectivity index (χ1n) is 5.34. The Bertz CT molecular complexity index is 349. The zero-order valence-electron chi connectivity index (χ0n) is 9.47. The maximum absolute atomic E-state index is 12.5. The van der Waals surface area contributed by atoms with Crippen LogP contribution in [0, 0.1) is 0 Å². The first-order chi connectivity index (χ1) is 7.99. The Morgan fingerprint density at radius 1 is 1.29 bits per heavy atom. The minimum absolute atomic E-state index is 0.322. The fraction of sp³-hybridized carbons (Fsp3) is 0.545. The Labute approximate surface area is 103 Å². The van der Waals surface area contributed by atoms with Crippen molar-refractivity contribution in [3.8, 4) is 0 Å². The fourth-order valence-corrected chi connectivity index (χ4v) is 1.67. The molecule has 1 rings (SSSR count). The van der Waals surface area contributed by atoms with E-state index in [0.717, 1.165) is 12.5 Å². The first-order valence-corrected chi connectivity index (χ1v) is 5.87. The zero-order chi connectivity index (χ0) is 12.9. The van der Waals surface area contributed by atoms with Crippen molar-refractivity contribution in [2.75, 3.05) is 23.9 Å². The molecular weight excluding hydrogens is 253 g/mol. The topological polar surface area (TPSA) is 16.1 Å². The Kier molecular flexibility index (Phi) is 5.05. The van der Waals surface area contributed by atoms with E-state index in [1.807, 2.05) is 6.92 Å². The molecule has 0 radical (unpaired) electrons. The number of aromatic nitrogens is 1. The van der Waals surface area contributed by atoms with Crippen LogP contribution in [0.2, 0.25) is 0 Å². The van der Waals surface area contributed by atoms with Gasteiger partial charge in [0.2, 0.25) is 0 Å². The molecular formula is C11H14ClF3N2. The molecule has 0 amide bonds. The van der Waals surface area contributed by atoms with Gasteiger partial charge in [-0.05, 0) is 18.6 Å². The average Bonchev–Trinajstić information content (AvgIpc) is 2.28. The molecule has 1 aromatic heterocycles. The second kappa shape index (κ2) is 6.10. The molecule has 0 N–H and O–H groups in total. The van der Waals surface area contributed by atoms with E-state index in [2.05, 4.69) is 4.98 Å². The highest BCUT2D eigenvalue weighted by molar-refractivity contribution is 6.18. The first kappa shape index (κ1) is 14.1. The summed E-state index contributed by atoms with van der Waals surface area (Å²) in [6, 6.07) is 3.90. The van der Waals surface area contributed by atoms with Gasteiger partial charge in [0, 0.05) is 19.0 Å². The van der Waals surface area contributed by atoms with Gasteiger partial charge >= 0.3 is 6.18 Å². The SMILES string of the molecule is CCCN(CCCl)c1cccc(C(F)(F)F)n1. The summed E-state index contributed by atoms with van der Waals surface area (Å²) < 4.78 is 37.5. The van der Waals surface area contributed by atoms with Crippen molar-refractivity contribution in [2.45, 2.75) is 19.5 Å². The normalized spacial score (nSPS) is 11.6. The van der Waals surface area contributed by atoms with Crippen LogP contribution < -0.4 is 4.90 Å². The van der Waals surface area contributed by atoms with E-state index in [9.17, 15) is 13.2 Å². The van der Waals surface area contributed by atoms with Crippen molar-refractivity contribution in [2.24, 2.45) is 0 Å². The molecule has 0 atom stereocenters. The van der Waals surface area contributed by atoms with E-state index in [-0.39, 0.29) is 0 Å². The minimum atomic E-state index is -4.41. The molecule has 0 saturated carbocycles. The van der Waals surface area contributed by atoms with Gasteiger partial charge in [-0.15, -0.1) is 11.6 Å². The van der Waals surface area contributed by atoms with Crippen molar-refractivity contribution in [3.05, 3.63) is 23.9 Å². The summed E-state index contributed by atoms with van der Waals surface area (Å²) in [5.41, 5.74) is -0.870. The largest absolute Gasteiger partial charge is 0.433 e. The number of hydrogen-bond acceptors (Lipinski definition) is 2. The van der Waals surface area contributed by atoms with Gasteiger partial charge in [-0.2, -0.15) is 13.2 Å². The van der Waals surface area contributed by atoms with Crippen LogP contribution in [0.4, 0.5) is 19.0 Å². The van der Waals surface area contributed by atoms with E-state index < -0.39 is 11.9 Å². The number of rotatable bonds is 5. The third kappa shape index (κ3) is 4.07. The molecule has 1 heterocycles. The molecule has 0 aliphatic heterocycles. The molecule has 0 fully saturated rings. The summed E-state index contributed by atoms with van der Waals surface area (Å²) in [4.78, 5) is 5.38. The predicted octanol–water partition coefficient (Wildman–Crippen LogP) is 3.56. The van der Waals surface area contributed by atoms with Crippen LogP contribution in [0.5, 0.6) is 0 Å². The number of halogens is 4. The Morgan fingerprint density at radius 2 is 2.00 bits per heavy atom. The van der Waals surface area contributed by atoms with Gasteiger partial charge in [0.05, 0.1) is 0 Å². The van der Waals surface area contributed by atoms with Crippen molar-refractivity contribution in [3.63, 3.8) is 0 Å². The highest BCUT2D eigenvalue weighted by atomic mass is 35.5. The zero-order valence-corrected chi connectivity index (χ0v) is 10.2. The summed E-state index contributed by atoms with van der Waals surface area (Å²) >= 11 is 5.62. The maximum Gasteiger partial charge on any atom is 0.433 e. The van der Waals surface area contributed by atoms with E-state index >= 15 is 0 Å². The second-order valence-electron chi connectivity index (χ2n) is 3.55. The van der Waals surface area contributed by atoms with Gasteiger partial charge in [-0.3, -0.25) is 0 Å². The molecule has 17 heavy (non-hydrogen) atoms. The number of nitrogens with zero attached hydrogens (tertiary/aromatic N) is 2. The molecule has 2 nitrogen and oxygen atoms in total. The van der Waals surface area contributed by atoms with E-state index in [1.54, 1.807) is 11.0 Å². The van der Waals surface area contributed by atoms with Crippen LogP contribution in [0.15, 0.2) is 18.2 Å². The Hall–Kier alpha value is -0.970. The summed E-state index contributed by atoms with van der Waals surface area (Å²) in [5.74, 6) is 0.681. The number of anilines is 1. The van der Waals surface area contributed by atoms with Crippen LogP contribution in [-0.2, 0) is 6.18 Å². The summed E-state index contributed by atoms with van der Waals surface area (Å²) in [6.45, 7) is 3.08. The minimum Gasteiger partial charge on any atom is -0.355 e. The van der Waals surface area contributed by atoms with Crippen molar-refractivity contribution < 1.29 is 13.2 Å². The lowest BCUT2D eigenvalue weighted by Crippen LogP contribution is -2.27. The van der Waals surface area contributed by atoms with Crippen LogP contribution in [0.25, 0.3) is 0 Å². The van der Waals surface area contributed by atoms with E-state index in [1.165, 1.54) is 6.07 Å². The summed E-state index contributed by atoms with van der Waals surface area (Å²) in [6.07, 6.45) is -3.58. The lowest BCUT2D eigenvalue weighted by molar-refractivity contribution is -0.141. The molecule has 0 bridgehead atoms. The fourth-order valence-electron chi connectivity index (χ4n) is 1.47. The molecule has 0 aliphatic rings. The van der Waals surface area contributed by atoms with Gasteiger partial charge in [-0.1, -0.05) is 13.0 Å². The van der Waals surface area contributed by atoms with Gasteiger partial charge in [0.25, 0.3) is 0 Å². The number of alkyl halides is 4. The monoisotopic (exact) mass is 266 g/mol. The predicted molar refractivity (Wildman–Crippen MR) is 62.5 cm³/mol. The second-order valence-corrected chi connectivity index (χ2v) is 3.93. The summed E-state index contributed by atoms with van der Waals surface area (Å²) in [5, 5.41) is 0. The molecule has 96 valence electrons. The van der Waals surface area contributed by atoms with Gasteiger partial charge in [0.15, 0.2) is 0 Å². The van der Waals surface area contributed by atoms with Crippen molar-refractivity contribution in [1.82, 2.24) is 4.98 Å². The molecule has 1 aromatic rings. The third-order valence-electron chi connectivity index (χ3n) is 2.20. The summed E-state index contributed by atoms with van der Waals surface area (Å²) in [7, 11) is 0. The van der Waals surface area contributed by atoms with Gasteiger partial charge in [0.1, 0.15) is 11.5 Å². The standard InChI is InChI=1S/C11H14ClF3N2/c1-2-7-17(8-6-12)10-5-3-4-9(16-10)11(13,14)15/h3-5H,2,6-8H2,1H3. The molecule has 0 aromatic carbocycles. The smallest absolute Gasteiger partial charge is 0.355 e. The Morgan fingerprint density at radius 3 is 2.53 bits per heavy atom. The van der Waals surface area contributed by atoms with Crippen LogP contribution >= 0.6 is 11.6 Å². The quantitative estimate of drug-likeness (QED) is 0.758. The van der Waals surface area contributed by atoms with Crippen molar-refractivity contribution >= 4 is 17.4 Å². The number of pyridine rings is 1. The average molecular weight is 267 g/mol. The molecule has 6 heteroatoms. The lowest BCUT2D eigenvalue weighted by Gasteiger charge is -2.22. The van der Waals surface area contributed by atoms with Crippen LogP contribution in [-0.4, -0.2) is 24.0 Å². The molecule has 0 saturated heterocycles. The third-order valence-corrected chi connectivity index (χ3v) is 2.37. The van der Waals surface area contributed by atoms with Gasteiger partial charge < -0.3 is 4.90 Å². The molecule has 0 spiro atoms. The Balaban J connectivity index is 2.95. The molecule has 0 unspecified atom stereocenters. The highest BCUT2D eigenvalue weighted by Crippen LogP contribution is 2.28. The van der Waals surface area contributed by atoms with Gasteiger partial charge in [-0.25, -0.2) is 4.98 Å². The van der Waals surface area contributed by atoms with Crippen LogP contribution in [0.1, 0.15) is 19.0 Å². The van der Waals surface area contributed by atoms with Crippen LogP contribution in [0.3, 0.4) is 0 Å². The number of hydrogen-bond donors (Lipinski definition) is 0. The lowest BCUT2D eigenvalue weighted by atomic mass is 10.3. The highest BCUT2D eigenvalue weighted by Gasteiger charge is 2.32. The van der Waals surface area contributed by atoms with E-state index in [4.69, 9.17) is 11.6 Å². The van der Waals surface area contributed by atoms with Crippen molar-refractivity contribution in [1.29, 1.82) is 0 Å². The van der Waals surface area contributed by atoms with E-state index in [0.29, 0.717) is 24.8 Å². The maximum atomic E-state index is 12.5.